The number of H-pyrrole nitrogens is 1. The molecule has 31 heavy (non-hydrogen) atoms. The summed E-state index contributed by atoms with van der Waals surface area (Å²) in [6.07, 6.45) is 2.79. The third-order valence-electron chi connectivity index (χ3n) is 5.14. The van der Waals surface area contributed by atoms with Crippen LogP contribution in [0.1, 0.15) is 25.5 Å². The largest absolute Gasteiger partial charge is 0.493 e. The van der Waals surface area contributed by atoms with Crippen LogP contribution in [-0.4, -0.2) is 61.8 Å². The molecule has 4 rings (SSSR count). The standard InChI is InChI=1S/C21H24N6O3S/c1-14(2)18-19(28)27(20(31)24-18)17-7-6-15(13-23-17)30-21(29)26-11-9-25(10-12-26)16-5-3-4-8-22-16/h3-8,13-14,28H,9-12H2,1-2H3,(H,24,31). The Morgan fingerprint density at radius 1 is 1.13 bits per heavy atom. The number of nitrogens with zero attached hydrogens (tertiary/aromatic N) is 5. The van der Waals surface area contributed by atoms with Crippen LogP contribution in [0.3, 0.4) is 0 Å². The van der Waals surface area contributed by atoms with E-state index in [4.69, 9.17) is 17.0 Å². The van der Waals surface area contributed by atoms with Crippen LogP contribution in [-0.2, 0) is 0 Å². The van der Waals surface area contributed by atoms with Gasteiger partial charge < -0.3 is 24.6 Å². The predicted octanol–water partition coefficient (Wildman–Crippen LogP) is 3.47. The number of hydrogen-bond acceptors (Lipinski definition) is 7. The summed E-state index contributed by atoms with van der Waals surface area (Å²) in [5, 5.41) is 10.4. The van der Waals surface area contributed by atoms with Crippen molar-refractivity contribution in [3.05, 3.63) is 53.2 Å². The monoisotopic (exact) mass is 440 g/mol. The molecule has 2 N–H and O–H groups in total. The fourth-order valence-electron chi connectivity index (χ4n) is 3.45. The van der Waals surface area contributed by atoms with Crippen LogP contribution in [0.2, 0.25) is 0 Å². The highest BCUT2D eigenvalue weighted by atomic mass is 32.1. The van der Waals surface area contributed by atoms with E-state index in [0.717, 1.165) is 5.82 Å². The van der Waals surface area contributed by atoms with Gasteiger partial charge in [0, 0.05) is 32.4 Å². The second-order valence-electron chi connectivity index (χ2n) is 7.54. The molecule has 162 valence electrons. The average Bonchev–Trinajstić information content (AvgIpc) is 3.09. The molecule has 0 radical (unpaired) electrons. The van der Waals surface area contributed by atoms with E-state index in [1.807, 2.05) is 32.0 Å². The summed E-state index contributed by atoms with van der Waals surface area (Å²) in [6.45, 7) is 6.38. The Morgan fingerprint density at radius 3 is 2.48 bits per heavy atom. The van der Waals surface area contributed by atoms with Crippen LogP contribution in [0, 0.1) is 4.77 Å². The highest BCUT2D eigenvalue weighted by Crippen LogP contribution is 2.27. The quantitative estimate of drug-likeness (QED) is 0.599. The number of aromatic hydroxyl groups is 1. The maximum absolute atomic E-state index is 12.5. The minimum Gasteiger partial charge on any atom is -0.493 e. The molecule has 0 unspecified atom stereocenters. The van der Waals surface area contributed by atoms with Crippen molar-refractivity contribution in [2.24, 2.45) is 0 Å². The summed E-state index contributed by atoms with van der Waals surface area (Å²) in [5.74, 6) is 1.79. The van der Waals surface area contributed by atoms with E-state index in [1.54, 1.807) is 23.2 Å². The first-order valence-corrected chi connectivity index (χ1v) is 10.5. The second-order valence-corrected chi connectivity index (χ2v) is 7.93. The fraction of sp³-hybridized carbons (Fsp3) is 0.333. The number of ether oxygens (including phenoxy) is 1. The molecular weight excluding hydrogens is 416 g/mol. The van der Waals surface area contributed by atoms with Crippen molar-refractivity contribution in [3.63, 3.8) is 0 Å². The number of aromatic amines is 1. The second kappa shape index (κ2) is 8.76. The molecule has 1 fully saturated rings. The first-order chi connectivity index (χ1) is 14.9. The van der Waals surface area contributed by atoms with Gasteiger partial charge in [0.2, 0.25) is 5.88 Å². The summed E-state index contributed by atoms with van der Waals surface area (Å²) >= 11 is 5.30. The number of aromatic nitrogens is 4. The van der Waals surface area contributed by atoms with Crippen molar-refractivity contribution in [1.29, 1.82) is 0 Å². The van der Waals surface area contributed by atoms with E-state index in [-0.39, 0.29) is 11.8 Å². The minimum absolute atomic E-state index is 0.0306. The Labute approximate surface area is 184 Å². The molecule has 1 amide bonds. The minimum atomic E-state index is -0.418. The number of pyridine rings is 2. The lowest BCUT2D eigenvalue weighted by Crippen LogP contribution is -2.49. The summed E-state index contributed by atoms with van der Waals surface area (Å²) in [6, 6.07) is 9.07. The predicted molar refractivity (Wildman–Crippen MR) is 119 cm³/mol. The highest BCUT2D eigenvalue weighted by molar-refractivity contribution is 7.71. The molecule has 0 spiro atoms. The van der Waals surface area contributed by atoms with Gasteiger partial charge in [-0.1, -0.05) is 19.9 Å². The number of imidazole rings is 1. The van der Waals surface area contributed by atoms with Crippen LogP contribution < -0.4 is 9.64 Å². The molecule has 0 atom stereocenters. The third kappa shape index (κ3) is 4.38. The lowest BCUT2D eigenvalue weighted by molar-refractivity contribution is 0.149. The fourth-order valence-corrected chi connectivity index (χ4v) is 3.74. The number of piperazine rings is 1. The van der Waals surface area contributed by atoms with Gasteiger partial charge >= 0.3 is 6.09 Å². The smallest absolute Gasteiger partial charge is 0.415 e. The topological polar surface area (TPSA) is 99.5 Å². The molecule has 0 aromatic carbocycles. The summed E-state index contributed by atoms with van der Waals surface area (Å²) < 4.78 is 7.28. The van der Waals surface area contributed by atoms with Gasteiger partial charge in [-0.05, 0) is 42.4 Å². The number of nitrogens with one attached hydrogen (secondary N) is 1. The van der Waals surface area contributed by atoms with Gasteiger partial charge in [0.15, 0.2) is 10.5 Å². The molecule has 0 bridgehead atoms. The maximum atomic E-state index is 12.5. The van der Waals surface area contributed by atoms with Crippen molar-refractivity contribution >= 4 is 24.1 Å². The Hall–Kier alpha value is -3.40. The third-order valence-corrected chi connectivity index (χ3v) is 5.43. The molecule has 0 aliphatic carbocycles. The number of hydrogen-bond donors (Lipinski definition) is 2. The Bertz CT molecular complexity index is 1100. The van der Waals surface area contributed by atoms with Gasteiger partial charge in [-0.2, -0.15) is 0 Å². The SMILES string of the molecule is CC(C)c1[nH]c(=S)n(-c2ccc(OC(=O)N3CCN(c4ccccn4)CC3)cn2)c1O. The molecule has 1 saturated heterocycles. The van der Waals surface area contributed by atoms with Crippen molar-refractivity contribution < 1.29 is 14.6 Å². The van der Waals surface area contributed by atoms with E-state index in [0.29, 0.717) is 48.2 Å². The normalized spacial score (nSPS) is 14.2. The summed E-state index contributed by atoms with van der Waals surface area (Å²) in [5.41, 5.74) is 0.646. The van der Waals surface area contributed by atoms with Crippen LogP contribution in [0.5, 0.6) is 11.6 Å². The van der Waals surface area contributed by atoms with Crippen LogP contribution in [0.4, 0.5) is 10.6 Å². The van der Waals surface area contributed by atoms with Crippen molar-refractivity contribution in [2.45, 2.75) is 19.8 Å². The van der Waals surface area contributed by atoms with E-state index < -0.39 is 6.09 Å². The number of anilines is 1. The van der Waals surface area contributed by atoms with Crippen LogP contribution in [0.15, 0.2) is 42.7 Å². The molecule has 9 nitrogen and oxygen atoms in total. The first kappa shape index (κ1) is 20.9. The van der Waals surface area contributed by atoms with Gasteiger partial charge in [0.05, 0.1) is 11.9 Å². The molecule has 10 heteroatoms. The molecule has 3 aromatic rings. The number of carbonyl (C=O) groups excluding carboxylic acids is 1. The van der Waals surface area contributed by atoms with E-state index in [2.05, 4.69) is 19.9 Å². The molecule has 1 aliphatic rings. The highest BCUT2D eigenvalue weighted by Gasteiger charge is 2.23. The van der Waals surface area contributed by atoms with Crippen molar-refractivity contribution in [2.75, 3.05) is 31.1 Å². The maximum Gasteiger partial charge on any atom is 0.415 e. The van der Waals surface area contributed by atoms with Gasteiger partial charge in [-0.15, -0.1) is 0 Å². The molecule has 1 aliphatic heterocycles. The Balaban J connectivity index is 1.39. The van der Waals surface area contributed by atoms with Crippen LogP contribution >= 0.6 is 12.2 Å². The average molecular weight is 441 g/mol. The van der Waals surface area contributed by atoms with E-state index >= 15 is 0 Å². The summed E-state index contributed by atoms with van der Waals surface area (Å²) in [4.78, 5) is 28.0. The van der Waals surface area contributed by atoms with E-state index in [1.165, 1.54) is 10.8 Å². The number of rotatable bonds is 4. The number of amides is 1. The number of carbonyl (C=O) groups is 1. The first-order valence-electron chi connectivity index (χ1n) is 10.1. The van der Waals surface area contributed by atoms with Gasteiger partial charge in [0.1, 0.15) is 11.6 Å². The van der Waals surface area contributed by atoms with Gasteiger partial charge in [0.25, 0.3) is 0 Å². The lowest BCUT2D eigenvalue weighted by atomic mass is 10.1. The Morgan fingerprint density at radius 2 is 1.90 bits per heavy atom. The Kier molecular flexibility index (Phi) is 5.90. The van der Waals surface area contributed by atoms with Gasteiger partial charge in [-0.25, -0.2) is 19.3 Å². The molecule has 3 aromatic heterocycles. The van der Waals surface area contributed by atoms with E-state index in [9.17, 15) is 9.90 Å². The zero-order chi connectivity index (χ0) is 22.0. The molecular formula is C21H24N6O3S. The van der Waals surface area contributed by atoms with Crippen molar-refractivity contribution in [3.8, 4) is 17.4 Å². The zero-order valence-electron chi connectivity index (χ0n) is 17.4. The van der Waals surface area contributed by atoms with Crippen LogP contribution in [0.25, 0.3) is 5.82 Å². The van der Waals surface area contributed by atoms with Gasteiger partial charge in [-0.3, -0.25) is 0 Å². The molecule has 4 heterocycles. The van der Waals surface area contributed by atoms with Crippen molar-refractivity contribution in [1.82, 2.24) is 24.4 Å². The zero-order valence-corrected chi connectivity index (χ0v) is 18.2. The molecule has 0 saturated carbocycles. The summed E-state index contributed by atoms with van der Waals surface area (Å²) in [7, 11) is 0. The lowest BCUT2D eigenvalue weighted by Gasteiger charge is -2.34.